The molecule has 2 rings (SSSR count). The van der Waals surface area contributed by atoms with E-state index in [-0.39, 0.29) is 24.3 Å². The first-order valence-corrected chi connectivity index (χ1v) is 8.87. The van der Waals surface area contributed by atoms with Gasteiger partial charge in [0.2, 0.25) is 5.91 Å². The zero-order chi connectivity index (χ0) is 19.6. The van der Waals surface area contributed by atoms with Crippen molar-refractivity contribution in [2.24, 2.45) is 5.92 Å². The maximum absolute atomic E-state index is 12.5. The molecule has 0 unspecified atom stereocenters. The molecule has 27 heavy (non-hydrogen) atoms. The van der Waals surface area contributed by atoms with Gasteiger partial charge in [-0.3, -0.25) is 9.59 Å². The van der Waals surface area contributed by atoms with Crippen LogP contribution in [0, 0.1) is 5.92 Å². The van der Waals surface area contributed by atoms with Crippen molar-refractivity contribution in [3.05, 3.63) is 60.2 Å². The average Bonchev–Trinajstić information content (AvgIpc) is 2.69. The summed E-state index contributed by atoms with van der Waals surface area (Å²) in [5, 5.41) is 5.61. The van der Waals surface area contributed by atoms with E-state index in [4.69, 9.17) is 9.47 Å². The molecule has 0 aliphatic rings. The van der Waals surface area contributed by atoms with E-state index in [2.05, 4.69) is 10.6 Å². The van der Waals surface area contributed by atoms with Crippen LogP contribution in [-0.2, 0) is 16.1 Å². The number of carbonyl (C=O) groups excluding carboxylic acids is 2. The molecule has 0 saturated heterocycles. The molecule has 0 heterocycles. The van der Waals surface area contributed by atoms with Gasteiger partial charge >= 0.3 is 0 Å². The lowest BCUT2D eigenvalue weighted by Gasteiger charge is -2.22. The highest BCUT2D eigenvalue weighted by molar-refractivity contribution is 5.88. The second-order valence-electron chi connectivity index (χ2n) is 6.46. The summed E-state index contributed by atoms with van der Waals surface area (Å²) < 4.78 is 10.5. The summed E-state index contributed by atoms with van der Waals surface area (Å²) >= 11 is 0. The van der Waals surface area contributed by atoms with Crippen LogP contribution in [0.3, 0.4) is 0 Å². The molecular formula is C21H26N2O4. The van der Waals surface area contributed by atoms with Gasteiger partial charge in [-0.1, -0.05) is 44.2 Å². The summed E-state index contributed by atoms with van der Waals surface area (Å²) in [7, 11) is 1.61. The molecule has 0 aliphatic carbocycles. The minimum absolute atomic E-state index is 0.0541. The van der Waals surface area contributed by atoms with Crippen molar-refractivity contribution in [1.82, 2.24) is 10.6 Å². The molecule has 0 aromatic heterocycles. The third-order valence-corrected chi connectivity index (χ3v) is 4.00. The minimum Gasteiger partial charge on any atom is -0.497 e. The number of ether oxygens (including phenoxy) is 2. The van der Waals surface area contributed by atoms with E-state index >= 15 is 0 Å². The van der Waals surface area contributed by atoms with Crippen molar-refractivity contribution in [1.29, 1.82) is 0 Å². The predicted octanol–water partition coefficient (Wildman–Crippen LogP) is 2.53. The van der Waals surface area contributed by atoms with E-state index in [0.29, 0.717) is 12.3 Å². The van der Waals surface area contributed by atoms with Gasteiger partial charge in [-0.2, -0.15) is 0 Å². The fraction of sp³-hybridized carbons (Fsp3) is 0.333. The highest BCUT2D eigenvalue weighted by Crippen LogP contribution is 2.11. The molecule has 0 radical (unpaired) electrons. The number of hydrogen-bond acceptors (Lipinski definition) is 4. The largest absolute Gasteiger partial charge is 0.497 e. The highest BCUT2D eigenvalue weighted by Gasteiger charge is 2.24. The number of hydrogen-bond donors (Lipinski definition) is 2. The summed E-state index contributed by atoms with van der Waals surface area (Å²) in [4.78, 5) is 24.6. The van der Waals surface area contributed by atoms with Gasteiger partial charge in [-0.05, 0) is 35.7 Å². The first-order valence-electron chi connectivity index (χ1n) is 8.87. The Morgan fingerprint density at radius 2 is 1.63 bits per heavy atom. The highest BCUT2D eigenvalue weighted by atomic mass is 16.5. The van der Waals surface area contributed by atoms with E-state index in [1.165, 1.54) is 0 Å². The van der Waals surface area contributed by atoms with E-state index in [0.717, 1.165) is 11.3 Å². The Morgan fingerprint density at radius 1 is 0.963 bits per heavy atom. The van der Waals surface area contributed by atoms with Crippen molar-refractivity contribution >= 4 is 11.8 Å². The molecule has 2 amide bonds. The van der Waals surface area contributed by atoms with E-state index in [1.807, 2.05) is 56.3 Å². The van der Waals surface area contributed by atoms with Gasteiger partial charge in [0.15, 0.2) is 6.61 Å². The Bertz CT molecular complexity index is 730. The number of amides is 2. The maximum atomic E-state index is 12.5. The van der Waals surface area contributed by atoms with Crippen LogP contribution >= 0.6 is 0 Å². The molecule has 0 aliphatic heterocycles. The van der Waals surface area contributed by atoms with Crippen LogP contribution in [0.2, 0.25) is 0 Å². The first kappa shape index (κ1) is 20.3. The third kappa shape index (κ3) is 6.66. The van der Waals surface area contributed by atoms with Gasteiger partial charge in [-0.15, -0.1) is 0 Å². The molecule has 2 N–H and O–H groups in total. The summed E-state index contributed by atoms with van der Waals surface area (Å²) in [5.74, 6) is 0.751. The number of rotatable bonds is 9. The van der Waals surface area contributed by atoms with Crippen molar-refractivity contribution in [3.8, 4) is 11.5 Å². The Morgan fingerprint density at radius 3 is 2.22 bits per heavy atom. The van der Waals surface area contributed by atoms with Gasteiger partial charge in [0.1, 0.15) is 17.5 Å². The molecule has 6 heteroatoms. The SMILES string of the molecule is COc1ccc(CNC(=O)[C@@H](NC(=O)COc2ccccc2)C(C)C)cc1. The third-order valence-electron chi connectivity index (χ3n) is 4.00. The standard InChI is InChI=1S/C21H26N2O4/c1-15(2)20(23-19(24)14-27-18-7-5-4-6-8-18)21(25)22-13-16-9-11-17(26-3)12-10-16/h4-12,15,20H,13-14H2,1-3H3,(H,22,25)(H,23,24)/t20-/m0/s1. The van der Waals surface area contributed by atoms with E-state index < -0.39 is 6.04 Å². The number of para-hydroxylation sites is 1. The molecule has 0 fully saturated rings. The predicted molar refractivity (Wildman–Crippen MR) is 104 cm³/mol. The summed E-state index contributed by atoms with van der Waals surface area (Å²) in [6.45, 7) is 4.01. The number of nitrogens with one attached hydrogen (secondary N) is 2. The number of benzene rings is 2. The molecule has 0 saturated carbocycles. The van der Waals surface area contributed by atoms with Crippen LogP contribution in [0.4, 0.5) is 0 Å². The monoisotopic (exact) mass is 370 g/mol. The maximum Gasteiger partial charge on any atom is 0.258 e. The van der Waals surface area contributed by atoms with E-state index in [1.54, 1.807) is 19.2 Å². The zero-order valence-corrected chi connectivity index (χ0v) is 15.9. The number of carbonyl (C=O) groups is 2. The van der Waals surface area contributed by atoms with Gasteiger partial charge in [0.05, 0.1) is 7.11 Å². The Balaban J connectivity index is 1.85. The van der Waals surface area contributed by atoms with Crippen LogP contribution in [0.25, 0.3) is 0 Å². The van der Waals surface area contributed by atoms with Gasteiger partial charge in [0, 0.05) is 6.54 Å². The van der Waals surface area contributed by atoms with Crippen LogP contribution in [-0.4, -0.2) is 31.6 Å². The second kappa shape index (κ2) is 10.2. The fourth-order valence-electron chi connectivity index (χ4n) is 2.46. The molecule has 6 nitrogen and oxygen atoms in total. The Labute approximate surface area is 159 Å². The van der Waals surface area contributed by atoms with Crippen molar-refractivity contribution < 1.29 is 19.1 Å². The van der Waals surface area contributed by atoms with Crippen LogP contribution < -0.4 is 20.1 Å². The van der Waals surface area contributed by atoms with Crippen molar-refractivity contribution in [2.75, 3.05) is 13.7 Å². The lowest BCUT2D eigenvalue weighted by Crippen LogP contribution is -2.50. The molecule has 2 aromatic carbocycles. The quantitative estimate of drug-likeness (QED) is 0.711. The topological polar surface area (TPSA) is 76.7 Å². The first-order chi connectivity index (χ1) is 13.0. The lowest BCUT2D eigenvalue weighted by molar-refractivity contribution is -0.131. The molecule has 144 valence electrons. The lowest BCUT2D eigenvalue weighted by atomic mass is 10.0. The Kier molecular flexibility index (Phi) is 7.67. The van der Waals surface area contributed by atoms with Gasteiger partial charge in [-0.25, -0.2) is 0 Å². The second-order valence-corrected chi connectivity index (χ2v) is 6.46. The normalized spacial score (nSPS) is 11.6. The fourth-order valence-corrected chi connectivity index (χ4v) is 2.46. The van der Waals surface area contributed by atoms with Crippen molar-refractivity contribution in [2.45, 2.75) is 26.4 Å². The summed E-state index contributed by atoms with van der Waals surface area (Å²) in [6.07, 6.45) is 0. The Hall–Kier alpha value is -3.02. The molecule has 2 aromatic rings. The average molecular weight is 370 g/mol. The number of methoxy groups -OCH3 is 1. The summed E-state index contributed by atoms with van der Waals surface area (Å²) in [5.41, 5.74) is 0.949. The molecule has 0 spiro atoms. The molecular weight excluding hydrogens is 344 g/mol. The zero-order valence-electron chi connectivity index (χ0n) is 15.9. The smallest absolute Gasteiger partial charge is 0.258 e. The van der Waals surface area contributed by atoms with Crippen LogP contribution in [0.1, 0.15) is 19.4 Å². The van der Waals surface area contributed by atoms with Gasteiger partial charge < -0.3 is 20.1 Å². The van der Waals surface area contributed by atoms with Crippen LogP contribution in [0.5, 0.6) is 11.5 Å². The molecule has 1 atom stereocenters. The van der Waals surface area contributed by atoms with Gasteiger partial charge in [0.25, 0.3) is 5.91 Å². The van der Waals surface area contributed by atoms with Crippen molar-refractivity contribution in [3.63, 3.8) is 0 Å². The van der Waals surface area contributed by atoms with E-state index in [9.17, 15) is 9.59 Å². The minimum atomic E-state index is -0.630. The molecule has 0 bridgehead atoms. The summed E-state index contributed by atoms with van der Waals surface area (Å²) in [6, 6.07) is 15.9. The van der Waals surface area contributed by atoms with Crippen LogP contribution in [0.15, 0.2) is 54.6 Å².